The van der Waals surface area contributed by atoms with Crippen LogP contribution in [0.15, 0.2) is 65.8 Å². The summed E-state index contributed by atoms with van der Waals surface area (Å²) in [6, 6.07) is 13.9. The second-order valence-electron chi connectivity index (χ2n) is 8.37. The van der Waals surface area contributed by atoms with Crippen LogP contribution in [0, 0.1) is 23.0 Å². The lowest BCUT2D eigenvalue weighted by molar-refractivity contribution is 0.0154. The minimum Gasteiger partial charge on any atom is -0.452 e. The topological polar surface area (TPSA) is 98.2 Å². The minimum absolute atomic E-state index is 0.142. The molecule has 2 aromatic heterocycles. The van der Waals surface area contributed by atoms with Crippen LogP contribution in [0.4, 0.5) is 14.5 Å². The van der Waals surface area contributed by atoms with Crippen molar-refractivity contribution >= 4 is 17.3 Å². The summed E-state index contributed by atoms with van der Waals surface area (Å²) >= 11 is 6.31. The third-order valence-corrected chi connectivity index (χ3v) is 6.36. The van der Waals surface area contributed by atoms with Gasteiger partial charge in [0.05, 0.1) is 31.0 Å². The van der Waals surface area contributed by atoms with Crippen molar-refractivity contribution in [1.82, 2.24) is 19.3 Å². The van der Waals surface area contributed by atoms with Crippen molar-refractivity contribution in [1.29, 1.82) is 5.26 Å². The number of hydrogen-bond acceptors (Lipinski definition) is 7. The number of halogens is 3. The molecule has 5 rings (SSSR count). The van der Waals surface area contributed by atoms with E-state index in [1.54, 1.807) is 36.5 Å². The van der Waals surface area contributed by atoms with Crippen LogP contribution in [0.2, 0.25) is 5.15 Å². The first-order valence-electron chi connectivity index (χ1n) is 11.1. The van der Waals surface area contributed by atoms with Crippen LogP contribution in [0.3, 0.4) is 0 Å². The lowest BCUT2D eigenvalue weighted by Crippen LogP contribution is -2.62. The number of methoxy groups -OCH3 is 1. The molecular formula is C25H19ClF2N6O3. The monoisotopic (exact) mass is 524 g/mol. The van der Waals surface area contributed by atoms with Crippen LogP contribution in [0.25, 0.3) is 5.69 Å². The number of benzene rings is 2. The van der Waals surface area contributed by atoms with Gasteiger partial charge in [-0.2, -0.15) is 15.0 Å². The summed E-state index contributed by atoms with van der Waals surface area (Å²) in [5, 5.41) is 13.6. The van der Waals surface area contributed by atoms with E-state index in [0.29, 0.717) is 36.0 Å². The number of hydrogen-bond donors (Lipinski definition) is 0. The van der Waals surface area contributed by atoms with Gasteiger partial charge < -0.3 is 14.4 Å². The van der Waals surface area contributed by atoms with Crippen molar-refractivity contribution < 1.29 is 18.3 Å². The van der Waals surface area contributed by atoms with Crippen LogP contribution in [-0.4, -0.2) is 45.1 Å². The molecule has 1 aliphatic heterocycles. The molecule has 0 unspecified atom stereocenters. The van der Waals surface area contributed by atoms with Gasteiger partial charge in [-0.1, -0.05) is 17.7 Å². The first-order chi connectivity index (χ1) is 17.8. The number of anilines is 1. The highest BCUT2D eigenvalue weighted by atomic mass is 35.5. The zero-order chi connectivity index (χ0) is 26.2. The van der Waals surface area contributed by atoms with Gasteiger partial charge >= 0.3 is 5.69 Å². The van der Waals surface area contributed by atoms with Gasteiger partial charge in [-0.3, -0.25) is 4.57 Å². The number of pyridine rings is 1. The Hall–Kier alpha value is -4.27. The summed E-state index contributed by atoms with van der Waals surface area (Å²) in [6.45, 7) is 0.392. The molecule has 37 heavy (non-hydrogen) atoms. The second-order valence-corrected chi connectivity index (χ2v) is 8.72. The Bertz CT molecular complexity index is 1540. The number of aromatic nitrogens is 4. The van der Waals surface area contributed by atoms with E-state index in [-0.39, 0.29) is 17.3 Å². The Balaban J connectivity index is 1.35. The fourth-order valence-corrected chi connectivity index (χ4v) is 4.18. The van der Waals surface area contributed by atoms with E-state index < -0.39 is 22.9 Å². The van der Waals surface area contributed by atoms with Gasteiger partial charge in [-0.05, 0) is 42.5 Å². The van der Waals surface area contributed by atoms with Gasteiger partial charge in [0, 0.05) is 18.9 Å². The smallest absolute Gasteiger partial charge is 0.350 e. The standard InChI is InChI=1S/C25H19ClF2N6O3/c1-36-25(12-29)13-33(14-25)21-9-10-30-23(26)22(21)37-17-7-5-16(6-8-17)34-24(35)32(15-31-34)11-18-19(27)3-2-4-20(18)28/h2-10,15H,11,13-14H2,1H3. The summed E-state index contributed by atoms with van der Waals surface area (Å²) in [5.74, 6) is -0.755. The molecule has 1 fully saturated rings. The zero-order valence-electron chi connectivity index (χ0n) is 19.4. The van der Waals surface area contributed by atoms with Crippen molar-refractivity contribution in [2.24, 2.45) is 0 Å². The predicted octanol–water partition coefficient (Wildman–Crippen LogP) is 3.93. The molecule has 2 aromatic carbocycles. The van der Waals surface area contributed by atoms with E-state index in [2.05, 4.69) is 16.2 Å². The van der Waals surface area contributed by atoms with Crippen molar-refractivity contribution in [3.63, 3.8) is 0 Å². The highest BCUT2D eigenvalue weighted by Crippen LogP contribution is 2.41. The quantitative estimate of drug-likeness (QED) is 0.338. The van der Waals surface area contributed by atoms with Gasteiger partial charge in [-0.25, -0.2) is 18.6 Å². The molecule has 0 atom stereocenters. The molecule has 1 saturated heterocycles. The van der Waals surface area contributed by atoms with E-state index >= 15 is 0 Å². The minimum atomic E-state index is -0.886. The molecule has 12 heteroatoms. The van der Waals surface area contributed by atoms with Gasteiger partial charge in [0.1, 0.15) is 29.8 Å². The Labute approximate surface area is 214 Å². The normalized spacial score (nSPS) is 14.2. The Morgan fingerprint density at radius 2 is 1.84 bits per heavy atom. The molecular weight excluding hydrogens is 506 g/mol. The first-order valence-corrected chi connectivity index (χ1v) is 11.4. The molecule has 0 spiro atoms. The van der Waals surface area contributed by atoms with Crippen molar-refractivity contribution in [3.05, 3.63) is 93.9 Å². The lowest BCUT2D eigenvalue weighted by Gasteiger charge is -2.45. The van der Waals surface area contributed by atoms with Crippen molar-refractivity contribution in [3.8, 4) is 23.3 Å². The maximum atomic E-state index is 14.0. The highest BCUT2D eigenvalue weighted by Gasteiger charge is 2.45. The van der Waals surface area contributed by atoms with Crippen LogP contribution >= 0.6 is 11.6 Å². The molecule has 0 radical (unpaired) electrons. The van der Waals surface area contributed by atoms with Gasteiger partial charge in [0.2, 0.25) is 0 Å². The van der Waals surface area contributed by atoms with E-state index in [1.807, 2.05) is 4.90 Å². The fourth-order valence-electron chi connectivity index (χ4n) is 3.99. The number of ether oxygens (including phenoxy) is 2. The molecule has 0 saturated carbocycles. The molecule has 3 heterocycles. The largest absolute Gasteiger partial charge is 0.452 e. The maximum absolute atomic E-state index is 14.0. The van der Waals surface area contributed by atoms with Crippen LogP contribution in [0.1, 0.15) is 5.56 Å². The van der Waals surface area contributed by atoms with E-state index in [9.17, 15) is 18.8 Å². The van der Waals surface area contributed by atoms with E-state index in [0.717, 1.165) is 21.4 Å². The lowest BCUT2D eigenvalue weighted by atomic mass is 9.95. The Morgan fingerprint density at radius 3 is 2.49 bits per heavy atom. The SMILES string of the molecule is COC1(C#N)CN(c2ccnc(Cl)c2Oc2ccc(-n3ncn(Cc4c(F)cccc4F)c3=O)cc2)C1. The maximum Gasteiger partial charge on any atom is 0.350 e. The Kier molecular flexibility index (Phi) is 6.37. The number of nitrogens with zero attached hydrogens (tertiary/aromatic N) is 6. The molecule has 0 bridgehead atoms. The highest BCUT2D eigenvalue weighted by molar-refractivity contribution is 6.31. The molecule has 188 valence electrons. The molecule has 0 amide bonds. The average molecular weight is 525 g/mol. The van der Waals surface area contributed by atoms with Crippen molar-refractivity contribution in [2.75, 3.05) is 25.1 Å². The first kappa shape index (κ1) is 24.4. The average Bonchev–Trinajstić information content (AvgIpc) is 3.23. The molecule has 9 nitrogen and oxygen atoms in total. The molecule has 1 aliphatic rings. The Morgan fingerprint density at radius 1 is 1.14 bits per heavy atom. The van der Waals surface area contributed by atoms with E-state index in [4.69, 9.17) is 21.1 Å². The third kappa shape index (κ3) is 4.52. The van der Waals surface area contributed by atoms with Gasteiger partial charge in [-0.15, -0.1) is 0 Å². The summed E-state index contributed by atoms with van der Waals surface area (Å²) in [6.07, 6.45) is 2.76. The molecule has 0 N–H and O–H groups in total. The van der Waals surface area contributed by atoms with Gasteiger partial charge in [0.25, 0.3) is 0 Å². The molecule has 4 aromatic rings. The summed E-state index contributed by atoms with van der Waals surface area (Å²) in [5.41, 5.74) is -0.599. The fraction of sp³-hybridized carbons (Fsp3) is 0.200. The van der Waals surface area contributed by atoms with Crippen LogP contribution < -0.4 is 15.3 Å². The number of nitriles is 1. The summed E-state index contributed by atoms with van der Waals surface area (Å²) < 4.78 is 41.5. The number of rotatable bonds is 7. The van der Waals surface area contributed by atoms with Crippen LogP contribution in [0.5, 0.6) is 11.5 Å². The van der Waals surface area contributed by atoms with Crippen LogP contribution in [-0.2, 0) is 11.3 Å². The molecule has 0 aliphatic carbocycles. The van der Waals surface area contributed by atoms with E-state index in [1.165, 1.54) is 19.5 Å². The van der Waals surface area contributed by atoms with Crippen molar-refractivity contribution in [2.45, 2.75) is 12.1 Å². The predicted molar refractivity (Wildman–Crippen MR) is 130 cm³/mol. The third-order valence-electron chi connectivity index (χ3n) is 6.09. The second kappa shape index (κ2) is 9.65. The van der Waals surface area contributed by atoms with Gasteiger partial charge in [0.15, 0.2) is 16.5 Å². The summed E-state index contributed by atoms with van der Waals surface area (Å²) in [7, 11) is 1.49. The summed E-state index contributed by atoms with van der Waals surface area (Å²) in [4.78, 5) is 18.8. The zero-order valence-corrected chi connectivity index (χ0v) is 20.2.